The van der Waals surface area contributed by atoms with Gasteiger partial charge in [-0.15, -0.1) is 12.4 Å². The molecule has 1 aliphatic heterocycles. The van der Waals surface area contributed by atoms with Crippen molar-refractivity contribution >= 4 is 33.3 Å². The molecule has 1 aliphatic rings. The van der Waals surface area contributed by atoms with Crippen LogP contribution in [0.1, 0.15) is 18.4 Å². The minimum absolute atomic E-state index is 0. The second kappa shape index (κ2) is 6.50. The normalized spacial score (nSPS) is 19.8. The summed E-state index contributed by atoms with van der Waals surface area (Å²) < 4.78 is 27.3. The number of hydrogen-bond donors (Lipinski definition) is 1. The van der Waals surface area contributed by atoms with E-state index in [-0.39, 0.29) is 18.4 Å². The Balaban J connectivity index is 0.00000176. The van der Waals surface area contributed by atoms with E-state index in [2.05, 4.69) is 4.98 Å². The van der Waals surface area contributed by atoms with Gasteiger partial charge in [0.15, 0.2) is 0 Å². The van der Waals surface area contributed by atoms with Crippen molar-refractivity contribution in [2.45, 2.75) is 30.7 Å². The van der Waals surface area contributed by atoms with Crippen LogP contribution >= 0.6 is 12.4 Å². The van der Waals surface area contributed by atoms with Crippen LogP contribution < -0.4 is 5.73 Å². The number of fused-ring (bicyclic) bond motifs is 1. The molecule has 1 atom stereocenters. The van der Waals surface area contributed by atoms with Gasteiger partial charge in [-0.25, -0.2) is 8.42 Å². The predicted octanol–water partition coefficient (Wildman–Crippen LogP) is 2.08. The van der Waals surface area contributed by atoms with E-state index in [1.807, 2.05) is 19.1 Å². The Kier molecular flexibility index (Phi) is 5.07. The minimum atomic E-state index is -3.52. The Morgan fingerprint density at radius 2 is 2.09 bits per heavy atom. The van der Waals surface area contributed by atoms with Gasteiger partial charge in [0, 0.05) is 30.7 Å². The van der Waals surface area contributed by atoms with Crippen molar-refractivity contribution < 1.29 is 8.42 Å². The van der Waals surface area contributed by atoms with E-state index in [9.17, 15) is 8.42 Å². The van der Waals surface area contributed by atoms with E-state index in [0.717, 1.165) is 23.9 Å². The zero-order valence-electron chi connectivity index (χ0n) is 12.4. The molecule has 0 radical (unpaired) electrons. The fraction of sp³-hybridized carbons (Fsp3) is 0.400. The van der Waals surface area contributed by atoms with E-state index in [1.165, 1.54) is 4.31 Å². The lowest BCUT2D eigenvalue weighted by atomic mass is 10.1. The summed E-state index contributed by atoms with van der Waals surface area (Å²) in [6.45, 7) is 2.85. The molecule has 120 valence electrons. The van der Waals surface area contributed by atoms with Gasteiger partial charge in [0.05, 0.1) is 10.4 Å². The molecular weight excluding hydrogens is 322 g/mol. The Hall–Kier alpha value is -1.21. The molecule has 2 heterocycles. The molecule has 2 N–H and O–H groups in total. The largest absolute Gasteiger partial charge is 0.327 e. The molecule has 2 aromatic rings. The first-order valence-electron chi connectivity index (χ1n) is 7.10. The molecule has 7 heteroatoms. The number of aryl methyl sites for hydroxylation is 1. The van der Waals surface area contributed by atoms with E-state index in [1.54, 1.807) is 18.3 Å². The van der Waals surface area contributed by atoms with Crippen LogP contribution in [0.25, 0.3) is 10.9 Å². The summed E-state index contributed by atoms with van der Waals surface area (Å²) in [5.74, 6) is 0. The Morgan fingerprint density at radius 1 is 1.32 bits per heavy atom. The molecule has 1 saturated heterocycles. The molecule has 0 bridgehead atoms. The topological polar surface area (TPSA) is 76.3 Å². The lowest BCUT2D eigenvalue weighted by Gasteiger charge is -2.30. The lowest BCUT2D eigenvalue weighted by Crippen LogP contribution is -2.45. The SMILES string of the molecule is Cc1ccc(S(=O)(=O)N2CCC[C@@H](N)C2)c2cccnc12.Cl. The van der Waals surface area contributed by atoms with Gasteiger partial charge >= 0.3 is 0 Å². The van der Waals surface area contributed by atoms with Gasteiger partial charge in [-0.05, 0) is 43.5 Å². The highest BCUT2D eigenvalue weighted by molar-refractivity contribution is 7.89. The van der Waals surface area contributed by atoms with E-state index >= 15 is 0 Å². The first kappa shape index (κ1) is 17.1. The average Bonchev–Trinajstić information content (AvgIpc) is 2.47. The number of aromatic nitrogens is 1. The summed E-state index contributed by atoms with van der Waals surface area (Å²) in [5, 5.41) is 0.677. The number of rotatable bonds is 2. The fourth-order valence-corrected chi connectivity index (χ4v) is 4.56. The number of pyridine rings is 1. The Bertz CT molecular complexity index is 779. The molecule has 0 unspecified atom stereocenters. The predicted molar refractivity (Wildman–Crippen MR) is 89.7 cm³/mol. The highest BCUT2D eigenvalue weighted by atomic mass is 35.5. The monoisotopic (exact) mass is 341 g/mol. The molecular formula is C15H20ClN3O2S. The van der Waals surface area contributed by atoms with Crippen molar-refractivity contribution in [3.05, 3.63) is 36.0 Å². The third-order valence-electron chi connectivity index (χ3n) is 3.97. The molecule has 3 rings (SSSR count). The molecule has 0 aliphatic carbocycles. The quantitative estimate of drug-likeness (QED) is 0.907. The lowest BCUT2D eigenvalue weighted by molar-refractivity contribution is 0.316. The first-order chi connectivity index (χ1) is 10.00. The number of halogens is 1. The minimum Gasteiger partial charge on any atom is -0.327 e. The van der Waals surface area contributed by atoms with Crippen molar-refractivity contribution in [1.29, 1.82) is 0 Å². The number of benzene rings is 1. The number of piperidine rings is 1. The van der Waals surface area contributed by atoms with Crippen LogP contribution in [0.3, 0.4) is 0 Å². The summed E-state index contributed by atoms with van der Waals surface area (Å²) in [7, 11) is -3.52. The average molecular weight is 342 g/mol. The van der Waals surface area contributed by atoms with Crippen molar-refractivity contribution in [3.8, 4) is 0 Å². The number of nitrogens with two attached hydrogens (primary N) is 1. The van der Waals surface area contributed by atoms with Crippen LogP contribution in [0, 0.1) is 6.92 Å². The molecule has 0 amide bonds. The van der Waals surface area contributed by atoms with Crippen molar-refractivity contribution in [2.24, 2.45) is 5.73 Å². The number of hydrogen-bond acceptors (Lipinski definition) is 4. The van der Waals surface area contributed by atoms with Gasteiger partial charge < -0.3 is 5.73 Å². The zero-order chi connectivity index (χ0) is 15.0. The second-order valence-corrected chi connectivity index (χ2v) is 7.45. The summed E-state index contributed by atoms with van der Waals surface area (Å²) in [6.07, 6.45) is 3.37. The van der Waals surface area contributed by atoms with Gasteiger partial charge in [-0.2, -0.15) is 4.31 Å². The van der Waals surface area contributed by atoms with Gasteiger partial charge in [-0.3, -0.25) is 4.98 Å². The molecule has 5 nitrogen and oxygen atoms in total. The van der Waals surface area contributed by atoms with Crippen molar-refractivity contribution in [1.82, 2.24) is 9.29 Å². The maximum absolute atomic E-state index is 12.9. The highest BCUT2D eigenvalue weighted by Crippen LogP contribution is 2.28. The maximum atomic E-state index is 12.9. The summed E-state index contributed by atoms with van der Waals surface area (Å²) >= 11 is 0. The van der Waals surface area contributed by atoms with E-state index in [4.69, 9.17) is 5.73 Å². The Morgan fingerprint density at radius 3 is 2.82 bits per heavy atom. The van der Waals surface area contributed by atoms with Gasteiger partial charge in [0.2, 0.25) is 10.0 Å². The Labute approximate surface area is 137 Å². The first-order valence-corrected chi connectivity index (χ1v) is 8.54. The molecule has 1 fully saturated rings. The number of sulfonamides is 1. The van der Waals surface area contributed by atoms with Crippen molar-refractivity contribution in [2.75, 3.05) is 13.1 Å². The smallest absolute Gasteiger partial charge is 0.243 e. The molecule has 1 aromatic carbocycles. The third kappa shape index (κ3) is 2.96. The highest BCUT2D eigenvalue weighted by Gasteiger charge is 2.30. The van der Waals surface area contributed by atoms with Crippen molar-refractivity contribution in [3.63, 3.8) is 0 Å². The fourth-order valence-electron chi connectivity index (χ4n) is 2.84. The molecule has 1 aromatic heterocycles. The second-order valence-electron chi connectivity index (χ2n) is 5.55. The van der Waals surface area contributed by atoms with Crippen LogP contribution in [-0.4, -0.2) is 36.8 Å². The standard InChI is InChI=1S/C15H19N3O2S.ClH/c1-11-6-7-14(13-5-2-8-17-15(11)13)21(19,20)18-9-3-4-12(16)10-18;/h2,5-8,12H,3-4,9-10,16H2,1H3;1H/t12-;/m1./s1. The summed E-state index contributed by atoms with van der Waals surface area (Å²) in [4.78, 5) is 4.63. The van der Waals surface area contributed by atoms with Gasteiger partial charge in [0.1, 0.15) is 0 Å². The number of nitrogens with zero attached hydrogens (tertiary/aromatic N) is 2. The summed E-state index contributed by atoms with van der Waals surface area (Å²) in [5.41, 5.74) is 7.63. The zero-order valence-corrected chi connectivity index (χ0v) is 14.0. The van der Waals surface area contributed by atoms with Crippen LogP contribution in [0.2, 0.25) is 0 Å². The van der Waals surface area contributed by atoms with Crippen LogP contribution in [0.15, 0.2) is 35.4 Å². The van der Waals surface area contributed by atoms with Gasteiger partial charge in [-0.1, -0.05) is 6.07 Å². The maximum Gasteiger partial charge on any atom is 0.243 e. The van der Waals surface area contributed by atoms with E-state index in [0.29, 0.717) is 23.4 Å². The third-order valence-corrected chi connectivity index (χ3v) is 5.89. The molecule has 22 heavy (non-hydrogen) atoms. The summed E-state index contributed by atoms with van der Waals surface area (Å²) in [6, 6.07) is 6.98. The van der Waals surface area contributed by atoms with Crippen LogP contribution in [0.5, 0.6) is 0 Å². The van der Waals surface area contributed by atoms with Crippen LogP contribution in [0.4, 0.5) is 0 Å². The molecule has 0 saturated carbocycles. The van der Waals surface area contributed by atoms with Gasteiger partial charge in [0.25, 0.3) is 0 Å². The van der Waals surface area contributed by atoms with E-state index < -0.39 is 10.0 Å². The molecule has 0 spiro atoms. The van der Waals surface area contributed by atoms with Crippen LogP contribution in [-0.2, 0) is 10.0 Å².